The Bertz CT molecular complexity index is 1130. The minimum atomic E-state index is -4.42. The molecule has 0 aliphatic heterocycles. The molecule has 5 N–H and O–H groups in total. The van der Waals surface area contributed by atoms with Crippen molar-refractivity contribution in [1.82, 2.24) is 9.97 Å². The lowest BCUT2D eigenvalue weighted by Crippen LogP contribution is -2.33. The summed E-state index contributed by atoms with van der Waals surface area (Å²) in [5.74, 6) is -0.253. The summed E-state index contributed by atoms with van der Waals surface area (Å²) in [4.78, 5) is 31.6. The molecule has 3 rings (SSSR count). The number of hydrogen-bond donors (Lipinski definition) is 3. The smallest absolute Gasteiger partial charge is 0.416 e. The fraction of sp³-hybridized carbons (Fsp3) is 0.273. The number of amides is 2. The van der Waals surface area contributed by atoms with Gasteiger partial charge in [0, 0.05) is 12.0 Å². The van der Waals surface area contributed by atoms with Gasteiger partial charge in [0.15, 0.2) is 5.82 Å². The topological polar surface area (TPSA) is 133 Å². The van der Waals surface area contributed by atoms with E-state index in [0.29, 0.717) is 17.8 Å². The highest BCUT2D eigenvalue weighted by atomic mass is 19.4. The quantitative estimate of drug-likeness (QED) is 0.580. The predicted octanol–water partition coefficient (Wildman–Crippen LogP) is 3.27. The lowest BCUT2D eigenvalue weighted by molar-refractivity contribution is -0.137. The molecular formula is C22H22F3N5O3. The third kappa shape index (κ3) is 5.88. The van der Waals surface area contributed by atoms with Gasteiger partial charge in [-0.15, -0.1) is 0 Å². The Kier molecular flexibility index (Phi) is 6.70. The van der Waals surface area contributed by atoms with E-state index >= 15 is 0 Å². The van der Waals surface area contributed by atoms with Crippen LogP contribution in [0.4, 0.5) is 19.0 Å². The van der Waals surface area contributed by atoms with Crippen molar-refractivity contribution in [2.75, 3.05) is 5.32 Å². The van der Waals surface area contributed by atoms with E-state index in [-0.39, 0.29) is 29.0 Å². The highest BCUT2D eigenvalue weighted by Gasteiger charge is 2.30. The molecular weight excluding hydrogens is 439 g/mol. The molecule has 2 amide bonds. The van der Waals surface area contributed by atoms with Gasteiger partial charge in [-0.3, -0.25) is 9.59 Å². The Hall–Kier alpha value is -3.89. The summed E-state index contributed by atoms with van der Waals surface area (Å²) in [6.45, 7) is 3.42. The molecule has 0 bridgehead atoms. The molecule has 1 heterocycles. The SMILES string of the molecule is CC1CC(c2nc(NC(C)C(N)=O)cc(C(N)=O)n2)=CC=C1Oc1ccc(C(F)(F)F)cc1. The van der Waals surface area contributed by atoms with Crippen LogP contribution in [0.25, 0.3) is 5.57 Å². The first-order chi connectivity index (χ1) is 15.4. The third-order valence-electron chi connectivity index (χ3n) is 4.93. The van der Waals surface area contributed by atoms with E-state index in [0.717, 1.165) is 12.1 Å². The van der Waals surface area contributed by atoms with Crippen LogP contribution in [0.15, 0.2) is 48.2 Å². The molecule has 0 saturated heterocycles. The zero-order valence-electron chi connectivity index (χ0n) is 17.8. The van der Waals surface area contributed by atoms with Crippen LogP contribution in [0.3, 0.4) is 0 Å². The van der Waals surface area contributed by atoms with Crippen molar-refractivity contribution < 1.29 is 27.5 Å². The summed E-state index contributed by atoms with van der Waals surface area (Å²) in [7, 11) is 0. The zero-order chi connectivity index (χ0) is 24.3. The summed E-state index contributed by atoms with van der Waals surface area (Å²) in [5, 5.41) is 2.80. The number of carbonyl (C=O) groups is 2. The maximum Gasteiger partial charge on any atom is 0.416 e. The molecule has 0 fully saturated rings. The van der Waals surface area contributed by atoms with Crippen molar-refractivity contribution in [3.8, 4) is 5.75 Å². The van der Waals surface area contributed by atoms with Gasteiger partial charge in [-0.1, -0.05) is 13.0 Å². The Labute approximate surface area is 187 Å². The van der Waals surface area contributed by atoms with Crippen molar-refractivity contribution in [2.45, 2.75) is 32.5 Å². The minimum Gasteiger partial charge on any atom is -0.461 e. The number of hydrogen-bond acceptors (Lipinski definition) is 6. The van der Waals surface area contributed by atoms with Crippen LogP contribution >= 0.6 is 0 Å². The average Bonchev–Trinajstić information content (AvgIpc) is 2.74. The highest BCUT2D eigenvalue weighted by Crippen LogP contribution is 2.34. The molecule has 2 unspecified atom stereocenters. The molecule has 33 heavy (non-hydrogen) atoms. The normalized spacial score (nSPS) is 16.9. The first-order valence-corrected chi connectivity index (χ1v) is 9.95. The van der Waals surface area contributed by atoms with E-state index in [9.17, 15) is 22.8 Å². The Morgan fingerprint density at radius 2 is 1.82 bits per heavy atom. The number of nitrogens with two attached hydrogens (primary N) is 2. The number of allylic oxidation sites excluding steroid dienone is 4. The van der Waals surface area contributed by atoms with Crippen molar-refractivity contribution in [2.24, 2.45) is 17.4 Å². The summed E-state index contributed by atoms with van der Waals surface area (Å²) in [5.41, 5.74) is 10.5. The Morgan fingerprint density at radius 1 is 1.15 bits per heavy atom. The number of ether oxygens (including phenoxy) is 1. The molecule has 8 nitrogen and oxygen atoms in total. The van der Waals surface area contributed by atoms with Gasteiger partial charge in [-0.25, -0.2) is 9.97 Å². The van der Waals surface area contributed by atoms with E-state index < -0.39 is 29.6 Å². The van der Waals surface area contributed by atoms with Crippen LogP contribution in [-0.4, -0.2) is 27.8 Å². The molecule has 11 heteroatoms. The van der Waals surface area contributed by atoms with Crippen LogP contribution in [0.5, 0.6) is 5.75 Å². The molecule has 0 spiro atoms. The van der Waals surface area contributed by atoms with Gasteiger partial charge < -0.3 is 21.5 Å². The number of benzene rings is 1. The van der Waals surface area contributed by atoms with Gasteiger partial charge in [0.25, 0.3) is 5.91 Å². The number of anilines is 1. The van der Waals surface area contributed by atoms with Crippen molar-refractivity contribution in [1.29, 1.82) is 0 Å². The summed E-state index contributed by atoms with van der Waals surface area (Å²) >= 11 is 0. The molecule has 2 aromatic rings. The second kappa shape index (κ2) is 9.31. The molecule has 1 aliphatic carbocycles. The van der Waals surface area contributed by atoms with Crippen molar-refractivity contribution >= 4 is 23.2 Å². The standard InChI is InChI=1S/C22H22F3N5O3/c1-11-9-13(3-8-17(11)33-15-6-4-14(5-7-15)22(23,24)25)21-29-16(20(27)32)10-18(30-21)28-12(2)19(26)31/h3-8,10-12H,9H2,1-2H3,(H2,26,31)(H2,27,32)(H,28,29,30). The van der Waals surface area contributed by atoms with Gasteiger partial charge >= 0.3 is 6.18 Å². The molecule has 0 saturated carbocycles. The second-order valence-corrected chi connectivity index (χ2v) is 7.58. The van der Waals surface area contributed by atoms with Crippen molar-refractivity contribution in [3.63, 3.8) is 0 Å². The number of carbonyl (C=O) groups excluding carboxylic acids is 2. The highest BCUT2D eigenvalue weighted by molar-refractivity contribution is 5.92. The minimum absolute atomic E-state index is 0.0384. The number of primary amides is 2. The molecule has 1 aliphatic rings. The third-order valence-corrected chi connectivity index (χ3v) is 4.93. The average molecular weight is 461 g/mol. The van der Waals surface area contributed by atoms with Gasteiger partial charge in [-0.05, 0) is 49.3 Å². The molecule has 174 valence electrons. The summed E-state index contributed by atoms with van der Waals surface area (Å²) in [6, 6.07) is 5.01. The van der Waals surface area contributed by atoms with Crippen LogP contribution in [-0.2, 0) is 11.0 Å². The second-order valence-electron chi connectivity index (χ2n) is 7.58. The van der Waals surface area contributed by atoms with E-state index in [4.69, 9.17) is 16.2 Å². The number of nitrogens with zero attached hydrogens (tertiary/aromatic N) is 2. The number of nitrogens with one attached hydrogen (secondary N) is 1. The first kappa shape index (κ1) is 23.8. The molecule has 0 radical (unpaired) electrons. The van der Waals surface area contributed by atoms with Gasteiger partial charge in [0.2, 0.25) is 5.91 Å². The van der Waals surface area contributed by atoms with Gasteiger partial charge in [0.05, 0.1) is 5.56 Å². The Morgan fingerprint density at radius 3 is 2.36 bits per heavy atom. The van der Waals surface area contributed by atoms with E-state index in [1.807, 2.05) is 6.92 Å². The monoisotopic (exact) mass is 461 g/mol. The van der Waals surface area contributed by atoms with Crippen molar-refractivity contribution in [3.05, 3.63) is 65.3 Å². The summed E-state index contributed by atoms with van der Waals surface area (Å²) < 4.78 is 44.0. The fourth-order valence-electron chi connectivity index (χ4n) is 3.08. The predicted molar refractivity (Wildman–Crippen MR) is 115 cm³/mol. The zero-order valence-corrected chi connectivity index (χ0v) is 17.8. The lowest BCUT2D eigenvalue weighted by atomic mass is 9.93. The van der Waals surface area contributed by atoms with Crippen LogP contribution in [0.2, 0.25) is 0 Å². The van der Waals surface area contributed by atoms with Crippen LogP contribution in [0, 0.1) is 5.92 Å². The Balaban J connectivity index is 1.85. The maximum absolute atomic E-state index is 12.7. The first-order valence-electron chi connectivity index (χ1n) is 9.95. The van der Waals surface area contributed by atoms with Crippen LogP contribution in [0.1, 0.15) is 42.1 Å². The fourth-order valence-corrected chi connectivity index (χ4v) is 3.08. The number of aromatic nitrogens is 2. The lowest BCUT2D eigenvalue weighted by Gasteiger charge is -2.22. The van der Waals surface area contributed by atoms with E-state index in [1.165, 1.54) is 18.2 Å². The largest absolute Gasteiger partial charge is 0.461 e. The van der Waals surface area contributed by atoms with E-state index in [1.54, 1.807) is 19.1 Å². The molecule has 1 aromatic carbocycles. The molecule has 2 atom stereocenters. The van der Waals surface area contributed by atoms with Gasteiger partial charge in [-0.2, -0.15) is 13.2 Å². The number of rotatable bonds is 7. The van der Waals surface area contributed by atoms with Gasteiger partial charge in [0.1, 0.15) is 29.1 Å². The molecule has 1 aromatic heterocycles. The number of halogens is 3. The van der Waals surface area contributed by atoms with Crippen LogP contribution < -0.4 is 21.5 Å². The van der Waals surface area contributed by atoms with E-state index in [2.05, 4.69) is 15.3 Å². The number of alkyl halides is 3. The summed E-state index contributed by atoms with van der Waals surface area (Å²) in [6.07, 6.45) is -0.628. The maximum atomic E-state index is 12.7.